The molecule has 0 aliphatic carbocycles. The molecule has 15 heavy (non-hydrogen) atoms. The minimum absolute atomic E-state index is 1.22. The Balaban J connectivity index is 4.12. The molecule has 90 valence electrons. The number of hydrogen-bond donors (Lipinski definition) is 0. The summed E-state index contributed by atoms with van der Waals surface area (Å²) >= 11 is 0. The van der Waals surface area contributed by atoms with Crippen LogP contribution in [0.4, 0.5) is 0 Å². The van der Waals surface area contributed by atoms with E-state index in [4.69, 9.17) is 5.11 Å². The van der Waals surface area contributed by atoms with Gasteiger partial charge in [0.25, 0.3) is 6.10 Å². The Morgan fingerprint density at radius 2 is 1.67 bits per heavy atom. The Kier molecular flexibility index (Phi) is 5.04. The van der Waals surface area contributed by atoms with Crippen molar-refractivity contribution < 1.29 is 47.7 Å². The molecule has 0 spiro atoms. The molecule has 0 aromatic carbocycles. The van der Waals surface area contributed by atoms with Gasteiger partial charge in [0.15, 0.2) is 0 Å². The third kappa shape index (κ3) is 8.67. The van der Waals surface area contributed by atoms with Crippen molar-refractivity contribution in [2.75, 3.05) is 6.61 Å². The zero-order valence-electron chi connectivity index (χ0n) is 6.85. The maximum atomic E-state index is 10.5. The molecule has 0 saturated heterocycles. The fourth-order valence-corrected chi connectivity index (χ4v) is 1.09. The van der Waals surface area contributed by atoms with Crippen LogP contribution in [0.1, 0.15) is 0 Å². The lowest BCUT2D eigenvalue weighted by Gasteiger charge is -2.30. The summed E-state index contributed by atoms with van der Waals surface area (Å²) in [5.41, 5.74) is 0. The Hall–Kier alpha value is -0.310. The van der Waals surface area contributed by atoms with Crippen LogP contribution >= 0.6 is 15.6 Å². The highest BCUT2D eigenvalue weighted by Gasteiger charge is 2.23. The maximum absolute atomic E-state index is 10.5. The van der Waals surface area contributed by atoms with Gasteiger partial charge in [-0.25, -0.2) is 4.79 Å². The highest BCUT2D eigenvalue weighted by atomic mass is 31.2. The first-order chi connectivity index (χ1) is 6.51. The molecule has 0 aliphatic heterocycles. The van der Waals surface area contributed by atoms with Gasteiger partial charge in [0.05, 0.1) is 7.82 Å². The molecule has 0 fully saturated rings. The van der Waals surface area contributed by atoms with Gasteiger partial charge in [0.2, 0.25) is 0 Å². The quantitative estimate of drug-likeness (QED) is 0.346. The minimum atomic E-state index is -5.59. The number of hydrogen-bond acceptors (Lipinski definition) is 9. The number of phosphoric acid groups is 2. The Morgan fingerprint density at radius 1 is 1.20 bits per heavy atom. The van der Waals surface area contributed by atoms with E-state index in [1.807, 2.05) is 0 Å². The van der Waals surface area contributed by atoms with E-state index in [1.54, 1.807) is 0 Å². The second-order valence-electron chi connectivity index (χ2n) is 2.15. The van der Waals surface area contributed by atoms with Crippen molar-refractivity contribution in [3.63, 3.8) is 0 Å². The SMILES string of the molecule is O=C(OP(=O)([O-])[O-])C([OH2+])COP(=O)([O-])[O-]. The molecule has 0 saturated carbocycles. The normalized spacial score (nSPS) is 14.7. The minimum Gasteiger partial charge on any atom is -0.790 e. The van der Waals surface area contributed by atoms with Crippen molar-refractivity contribution >= 4 is 21.6 Å². The zero-order valence-corrected chi connectivity index (χ0v) is 8.64. The van der Waals surface area contributed by atoms with Gasteiger partial charge in [0.1, 0.15) is 14.4 Å². The summed E-state index contributed by atoms with van der Waals surface area (Å²) in [6.07, 6.45) is -2.11. The van der Waals surface area contributed by atoms with Gasteiger partial charge in [-0.2, -0.15) is 0 Å². The van der Waals surface area contributed by atoms with Crippen LogP contribution in [0.15, 0.2) is 0 Å². The van der Waals surface area contributed by atoms with Gasteiger partial charge in [-0.1, -0.05) is 0 Å². The van der Waals surface area contributed by atoms with Gasteiger partial charge < -0.3 is 42.9 Å². The van der Waals surface area contributed by atoms with Crippen LogP contribution < -0.4 is 19.6 Å². The van der Waals surface area contributed by atoms with E-state index >= 15 is 0 Å². The van der Waals surface area contributed by atoms with E-state index in [-0.39, 0.29) is 0 Å². The summed E-state index contributed by atoms with van der Waals surface area (Å²) in [7, 11) is -11.0. The fourth-order valence-electron chi connectivity index (χ4n) is 0.408. The molecule has 0 aliphatic rings. The number of rotatable bonds is 5. The molecule has 0 amide bonds. The van der Waals surface area contributed by atoms with Crippen LogP contribution in [-0.4, -0.2) is 23.8 Å². The first-order valence-electron chi connectivity index (χ1n) is 3.14. The molecule has 0 aromatic rings. The predicted molar refractivity (Wildman–Crippen MR) is 34.7 cm³/mol. The largest absolute Gasteiger partial charge is 0.790 e. The molecule has 2 N–H and O–H groups in total. The molecule has 0 rings (SSSR count). The van der Waals surface area contributed by atoms with Crippen molar-refractivity contribution in [2.24, 2.45) is 0 Å². The topological polar surface area (TPSA) is 185 Å². The lowest BCUT2D eigenvalue weighted by atomic mass is 10.4. The van der Waals surface area contributed by atoms with Gasteiger partial charge in [-0.15, -0.1) is 0 Å². The van der Waals surface area contributed by atoms with Crippen LogP contribution in [0, 0.1) is 0 Å². The molecule has 0 bridgehead atoms. The van der Waals surface area contributed by atoms with Crippen LogP contribution in [0.5, 0.6) is 0 Å². The smallest absolute Gasteiger partial charge is 0.392 e. The molecule has 12 heteroatoms. The lowest BCUT2D eigenvalue weighted by Crippen LogP contribution is -2.32. The van der Waals surface area contributed by atoms with Crippen molar-refractivity contribution in [3.05, 3.63) is 0 Å². The van der Waals surface area contributed by atoms with Crippen LogP contribution in [0.3, 0.4) is 0 Å². The first kappa shape index (κ1) is 14.7. The summed E-state index contributed by atoms with van der Waals surface area (Å²) in [6, 6.07) is 0. The summed E-state index contributed by atoms with van der Waals surface area (Å²) in [5, 5.41) is 6.74. The Labute approximate surface area is 82.9 Å². The Bertz CT molecular complexity index is 311. The molecule has 10 nitrogen and oxygen atoms in total. The highest BCUT2D eigenvalue weighted by molar-refractivity contribution is 7.43. The monoisotopic (exact) mass is 263 g/mol. The fraction of sp³-hybridized carbons (Fsp3) is 0.667. The molecular weight excluding hydrogens is 258 g/mol. The van der Waals surface area contributed by atoms with Crippen molar-refractivity contribution in [2.45, 2.75) is 6.10 Å². The zero-order chi connectivity index (χ0) is 12.3. The molecule has 0 radical (unpaired) electrons. The standard InChI is InChI=1S/C3H8O10P2/c4-2(1-12-14(6,7)8)3(5)13-15(9,10)11/h2,4H,1H2,(H2,6,7,8)(H2,9,10,11)/p-3. The second-order valence-corrected chi connectivity index (χ2v) is 4.38. The molecule has 0 heterocycles. The van der Waals surface area contributed by atoms with E-state index in [0.29, 0.717) is 0 Å². The molecule has 1 atom stereocenters. The summed E-state index contributed by atoms with van der Waals surface area (Å²) < 4.78 is 26.5. The maximum Gasteiger partial charge on any atom is 0.392 e. The van der Waals surface area contributed by atoms with Crippen molar-refractivity contribution in [1.29, 1.82) is 0 Å². The van der Waals surface area contributed by atoms with Gasteiger partial charge in [-0.3, -0.25) is 0 Å². The van der Waals surface area contributed by atoms with E-state index in [1.165, 1.54) is 0 Å². The van der Waals surface area contributed by atoms with Crippen molar-refractivity contribution in [1.82, 2.24) is 0 Å². The summed E-state index contributed by atoms with van der Waals surface area (Å²) in [5.74, 6) is -1.82. The van der Waals surface area contributed by atoms with Crippen LogP contribution in [-0.2, 0) is 23.0 Å². The Morgan fingerprint density at radius 3 is 2.00 bits per heavy atom. The second kappa shape index (κ2) is 5.15. The number of carbonyl (C=O) groups excluding carboxylic acids is 1. The molecule has 0 aromatic heterocycles. The summed E-state index contributed by atoms with van der Waals surface area (Å²) in [4.78, 5) is 50.0. The van der Waals surface area contributed by atoms with E-state index in [0.717, 1.165) is 0 Å². The van der Waals surface area contributed by atoms with Crippen LogP contribution in [0.25, 0.3) is 0 Å². The predicted octanol–water partition coefficient (Wildman–Crippen LogP) is -4.70. The number of phosphoric ester groups is 2. The van der Waals surface area contributed by atoms with Crippen LogP contribution in [0.2, 0.25) is 0 Å². The average Bonchev–Trinajstić information content (AvgIpc) is 1.95. The lowest BCUT2D eigenvalue weighted by molar-refractivity contribution is -0.342. The number of carbonyl (C=O) groups is 1. The van der Waals surface area contributed by atoms with Crippen molar-refractivity contribution in [3.8, 4) is 0 Å². The highest BCUT2D eigenvalue weighted by Crippen LogP contribution is 2.27. The molecule has 1 unspecified atom stereocenters. The first-order valence-corrected chi connectivity index (χ1v) is 6.06. The third-order valence-corrected chi connectivity index (χ3v) is 1.75. The van der Waals surface area contributed by atoms with Gasteiger partial charge in [0, 0.05) is 0 Å². The van der Waals surface area contributed by atoms with E-state index < -0.39 is 34.3 Å². The molecular formula is C3H5O10P2-3. The van der Waals surface area contributed by atoms with E-state index in [9.17, 15) is 33.5 Å². The van der Waals surface area contributed by atoms with Gasteiger partial charge in [-0.05, 0) is 0 Å². The third-order valence-electron chi connectivity index (χ3n) is 0.886. The van der Waals surface area contributed by atoms with Gasteiger partial charge >= 0.3 is 5.97 Å². The average molecular weight is 263 g/mol. The van der Waals surface area contributed by atoms with E-state index in [2.05, 4.69) is 9.05 Å². The summed E-state index contributed by atoms with van der Waals surface area (Å²) in [6.45, 7) is -1.22.